The Hall–Kier alpha value is -6.24. The topological polar surface area (TPSA) is 142 Å². The van der Waals surface area contributed by atoms with Gasteiger partial charge in [0.2, 0.25) is 0 Å². The molecule has 0 saturated heterocycles. The van der Waals surface area contributed by atoms with Crippen LogP contribution in [0.25, 0.3) is 0 Å². The Balaban J connectivity index is 1.09. The van der Waals surface area contributed by atoms with Gasteiger partial charge in [0.05, 0.1) is 17.2 Å². The second kappa shape index (κ2) is 18.1. The summed E-state index contributed by atoms with van der Waals surface area (Å²) in [5.41, 5.74) is 1.71. The minimum Gasteiger partial charge on any atom is -0.495 e. The molecule has 1 aliphatic rings. The molecule has 1 aliphatic carbocycles. The molecule has 0 atom stereocenters. The van der Waals surface area contributed by atoms with Crippen LogP contribution in [-0.4, -0.2) is 31.4 Å². The molecule has 294 valence electrons. The molecule has 0 radical (unpaired) electrons. The van der Waals surface area contributed by atoms with E-state index in [0.717, 1.165) is 43.2 Å². The summed E-state index contributed by atoms with van der Waals surface area (Å²) >= 11 is 12.6. The highest BCUT2D eigenvalue weighted by Gasteiger charge is 2.36. The van der Waals surface area contributed by atoms with Crippen LogP contribution in [0.3, 0.4) is 0 Å². The Morgan fingerprint density at radius 1 is 0.474 bits per heavy atom. The van der Waals surface area contributed by atoms with Gasteiger partial charge in [0.25, 0.3) is 0 Å². The van der Waals surface area contributed by atoms with Crippen molar-refractivity contribution in [1.29, 1.82) is 0 Å². The smallest absolute Gasteiger partial charge is 0.495 e. The molecule has 0 spiro atoms. The largest absolute Gasteiger partial charge is 0.519 e. The van der Waals surface area contributed by atoms with Crippen LogP contribution in [0, 0.1) is 0 Å². The van der Waals surface area contributed by atoms with Crippen molar-refractivity contribution >= 4 is 47.5 Å². The molecule has 1 fully saturated rings. The Bertz CT molecular complexity index is 2230. The van der Waals surface area contributed by atoms with E-state index in [0.29, 0.717) is 22.3 Å². The number of esters is 2. The second-order valence-corrected chi connectivity index (χ2v) is 13.7. The van der Waals surface area contributed by atoms with Crippen LogP contribution in [-0.2, 0) is 15.0 Å². The predicted octanol–water partition coefficient (Wildman–Crippen LogP) is 11.1. The van der Waals surface area contributed by atoms with Crippen molar-refractivity contribution in [2.24, 2.45) is 0 Å². The van der Waals surface area contributed by atoms with Crippen molar-refractivity contribution in [3.8, 4) is 51.7 Å². The lowest BCUT2D eigenvalue weighted by Crippen LogP contribution is -2.30. The highest BCUT2D eigenvalue weighted by molar-refractivity contribution is 6.32. The number of ether oxygens (including phenoxy) is 8. The molecule has 0 N–H and O–H groups in total. The fourth-order valence-electron chi connectivity index (χ4n) is 6.53. The Morgan fingerprint density at radius 3 is 1.32 bits per heavy atom. The van der Waals surface area contributed by atoms with Gasteiger partial charge in [-0.25, -0.2) is 9.59 Å². The third kappa shape index (κ3) is 10.5. The van der Waals surface area contributed by atoms with Gasteiger partial charge in [0, 0.05) is 49.6 Å². The van der Waals surface area contributed by atoms with Crippen LogP contribution in [0.4, 0.5) is 9.59 Å². The second-order valence-electron chi connectivity index (χ2n) is 12.9. The van der Waals surface area contributed by atoms with Gasteiger partial charge in [-0.05, 0) is 72.5 Å². The van der Waals surface area contributed by atoms with E-state index in [-0.39, 0.29) is 44.9 Å². The highest BCUT2D eigenvalue weighted by atomic mass is 35.5. The average molecular weight is 816 g/mol. The van der Waals surface area contributed by atoms with Gasteiger partial charge in [0.1, 0.15) is 46.0 Å². The number of hydrogen-bond donors (Lipinski definition) is 0. The molecule has 0 amide bonds. The first-order valence-electron chi connectivity index (χ1n) is 17.7. The molecule has 0 aliphatic heterocycles. The predicted molar refractivity (Wildman–Crippen MR) is 209 cm³/mol. The Morgan fingerprint density at radius 2 is 0.877 bits per heavy atom. The van der Waals surface area contributed by atoms with Crippen LogP contribution < -0.4 is 37.9 Å². The molecule has 0 bridgehead atoms. The van der Waals surface area contributed by atoms with Crippen LogP contribution in [0.5, 0.6) is 51.7 Å². The monoisotopic (exact) mass is 814 g/mol. The molecule has 14 heteroatoms. The molecular formula is C43H36Cl2O12. The van der Waals surface area contributed by atoms with Gasteiger partial charge in [-0.2, -0.15) is 0 Å². The zero-order chi connectivity index (χ0) is 40.5. The van der Waals surface area contributed by atoms with Gasteiger partial charge >= 0.3 is 24.2 Å². The van der Waals surface area contributed by atoms with Crippen LogP contribution in [0.15, 0.2) is 103 Å². The fourth-order valence-corrected chi connectivity index (χ4v) is 6.99. The van der Waals surface area contributed by atoms with E-state index in [1.165, 1.54) is 51.3 Å². The van der Waals surface area contributed by atoms with Gasteiger partial charge in [0.15, 0.2) is 5.75 Å². The summed E-state index contributed by atoms with van der Waals surface area (Å²) in [5.74, 6) is 0.720. The first-order valence-corrected chi connectivity index (χ1v) is 18.5. The molecule has 0 unspecified atom stereocenters. The van der Waals surface area contributed by atoms with Gasteiger partial charge in [-0.1, -0.05) is 66.7 Å². The summed E-state index contributed by atoms with van der Waals surface area (Å²) in [5, 5.41) is 0.517. The molecule has 57 heavy (non-hydrogen) atoms. The third-order valence-corrected chi connectivity index (χ3v) is 9.55. The standard InChI is InChI=1S/C43H36Cl2O12/c1-26(46)51-34-21-35(52-27(2)47)23-36(22-34)56-41(48)54-30-11-7-28(8-12-30)43(19-5-4-6-20-43)29-9-13-31(14-10-29)55-42(49)57-40-18-16-33(25-38(40)45)53-32-15-17-39(50-3)37(44)24-32/h7-18,21-25H,4-6,19-20H2,1-3H3. The van der Waals surface area contributed by atoms with E-state index in [2.05, 4.69) is 0 Å². The zero-order valence-corrected chi connectivity index (χ0v) is 32.5. The molecule has 6 rings (SSSR count). The quantitative estimate of drug-likeness (QED) is 0.0711. The summed E-state index contributed by atoms with van der Waals surface area (Å²) in [6.45, 7) is 2.41. The number of carbonyl (C=O) groups is 4. The van der Waals surface area contributed by atoms with E-state index in [1.54, 1.807) is 48.5 Å². The van der Waals surface area contributed by atoms with Gasteiger partial charge < -0.3 is 37.9 Å². The molecule has 0 aromatic heterocycles. The van der Waals surface area contributed by atoms with E-state index >= 15 is 0 Å². The first kappa shape index (κ1) is 40.4. The summed E-state index contributed by atoms with van der Waals surface area (Å²) in [7, 11) is 1.52. The van der Waals surface area contributed by atoms with Crippen LogP contribution in [0.1, 0.15) is 57.1 Å². The normalized spacial score (nSPS) is 13.1. The first-order chi connectivity index (χ1) is 27.4. The minimum atomic E-state index is -1.05. The highest BCUT2D eigenvalue weighted by Crippen LogP contribution is 2.46. The van der Waals surface area contributed by atoms with E-state index in [1.807, 2.05) is 24.3 Å². The molecule has 0 heterocycles. The number of carbonyl (C=O) groups excluding carboxylic acids is 4. The van der Waals surface area contributed by atoms with Crippen LogP contribution in [0.2, 0.25) is 10.0 Å². The summed E-state index contributed by atoms with van der Waals surface area (Å²) in [6.07, 6.45) is 2.86. The number of methoxy groups -OCH3 is 1. The van der Waals surface area contributed by atoms with Crippen molar-refractivity contribution < 1.29 is 57.1 Å². The maximum absolute atomic E-state index is 12.8. The van der Waals surface area contributed by atoms with Gasteiger partial charge in [-0.3, -0.25) is 9.59 Å². The SMILES string of the molecule is COc1ccc(Oc2ccc(OC(=O)Oc3ccc(C4(c5ccc(OC(=O)Oc6cc(OC(C)=O)cc(OC(C)=O)c6)cc5)CCCCC4)cc3)c(Cl)c2)cc1Cl. The summed E-state index contributed by atoms with van der Waals surface area (Å²) in [4.78, 5) is 48.4. The molecule has 12 nitrogen and oxygen atoms in total. The van der Waals surface area contributed by atoms with Crippen LogP contribution >= 0.6 is 23.2 Å². The zero-order valence-electron chi connectivity index (χ0n) is 31.0. The number of benzene rings is 5. The van der Waals surface area contributed by atoms with E-state index in [9.17, 15) is 19.2 Å². The average Bonchev–Trinajstić information content (AvgIpc) is 3.16. The molecule has 5 aromatic rings. The van der Waals surface area contributed by atoms with Crippen molar-refractivity contribution in [3.63, 3.8) is 0 Å². The lowest BCUT2D eigenvalue weighted by molar-refractivity contribution is -0.132. The summed E-state index contributed by atoms with van der Waals surface area (Å²) in [6, 6.07) is 27.9. The van der Waals surface area contributed by atoms with Gasteiger partial charge in [-0.15, -0.1) is 0 Å². The third-order valence-electron chi connectivity index (χ3n) is 8.96. The molecule has 5 aromatic carbocycles. The lowest BCUT2D eigenvalue weighted by Gasteiger charge is -2.38. The number of rotatable bonds is 11. The van der Waals surface area contributed by atoms with Crippen molar-refractivity contribution in [2.45, 2.75) is 51.4 Å². The minimum absolute atomic E-state index is 0.0153. The number of halogens is 2. The lowest BCUT2D eigenvalue weighted by atomic mass is 9.65. The molecular weight excluding hydrogens is 779 g/mol. The van der Waals surface area contributed by atoms with Crippen molar-refractivity contribution in [2.75, 3.05) is 7.11 Å². The maximum Gasteiger partial charge on any atom is 0.519 e. The molecule has 1 saturated carbocycles. The van der Waals surface area contributed by atoms with Crippen molar-refractivity contribution in [1.82, 2.24) is 0 Å². The maximum atomic E-state index is 12.8. The van der Waals surface area contributed by atoms with Crippen molar-refractivity contribution in [3.05, 3.63) is 124 Å². The Kier molecular flexibility index (Phi) is 12.9. The Labute approximate surface area is 338 Å². The summed E-state index contributed by atoms with van der Waals surface area (Å²) < 4.78 is 42.7. The van der Waals surface area contributed by atoms with E-state index < -0.39 is 24.2 Å². The van der Waals surface area contributed by atoms with E-state index in [4.69, 9.17) is 61.1 Å². The fraction of sp³-hybridized carbons (Fsp3) is 0.209. The number of hydrogen-bond acceptors (Lipinski definition) is 12.